The quantitative estimate of drug-likeness (QED) is 0.149. The van der Waals surface area contributed by atoms with E-state index in [1.165, 1.54) is 29.6 Å². The van der Waals surface area contributed by atoms with Crippen LogP contribution in [0.25, 0.3) is 0 Å². The van der Waals surface area contributed by atoms with Crippen LogP contribution in [0.4, 0.5) is 0 Å². The molecule has 3 saturated carbocycles. The standard InChI is InChI=1S/C39H57N7O7/c1-4-9-29(34(48)38(52)42-26-14-15-26)43-37(51)33-28-13-8-12-25(28)22-46(33)39(53)30(17-16-27(47)20-23(2)3)44-36(50)32(24-10-6-5-7-11-24)45-35(49)31-21-40-18-19-41-31/h18-21,24-26,28-30,32-34,48H,4-17,22H2,1-3H3,(H,42,52)(H,43,51)(H,44,50)(H,45,49)/t25-,28-,29-,30-,32-,33?,34?/m0/s1. The first kappa shape index (κ1) is 40.0. The molecule has 3 aliphatic carbocycles. The summed E-state index contributed by atoms with van der Waals surface area (Å²) in [6.45, 7) is 5.83. The van der Waals surface area contributed by atoms with Crippen LogP contribution in [0, 0.1) is 17.8 Å². The molecule has 5 N–H and O–H groups in total. The third kappa shape index (κ3) is 10.7. The largest absolute Gasteiger partial charge is 0.381 e. The SMILES string of the molecule is CCC[C@H](NC(=O)C1[C@H]2CCC[C@H]2CN1C(=O)[C@H](CCC(=O)C=C(C)C)NC(=O)[C@@H](NC(=O)c1cnccn1)C1CCCCC1)C(O)C(=O)NC1CC1. The number of ketones is 1. The maximum atomic E-state index is 14.7. The molecule has 53 heavy (non-hydrogen) atoms. The van der Waals surface area contributed by atoms with Gasteiger partial charge in [-0.3, -0.25) is 33.8 Å². The molecule has 4 fully saturated rings. The van der Waals surface area contributed by atoms with E-state index in [4.69, 9.17) is 0 Å². The van der Waals surface area contributed by atoms with Gasteiger partial charge in [0.1, 0.15) is 23.8 Å². The number of amides is 5. The summed E-state index contributed by atoms with van der Waals surface area (Å²) < 4.78 is 0. The summed E-state index contributed by atoms with van der Waals surface area (Å²) in [6, 6.07) is -3.76. The molecule has 2 heterocycles. The smallest absolute Gasteiger partial charge is 0.272 e. The van der Waals surface area contributed by atoms with E-state index in [1.54, 1.807) is 13.8 Å². The second kappa shape index (κ2) is 18.7. The molecule has 14 nitrogen and oxygen atoms in total. The molecule has 1 aromatic heterocycles. The van der Waals surface area contributed by atoms with E-state index >= 15 is 0 Å². The zero-order valence-corrected chi connectivity index (χ0v) is 31.4. The summed E-state index contributed by atoms with van der Waals surface area (Å²) in [5, 5.41) is 22.5. The number of aliphatic hydroxyl groups is 1. The van der Waals surface area contributed by atoms with Crippen molar-refractivity contribution in [3.63, 3.8) is 0 Å². The van der Waals surface area contributed by atoms with Crippen molar-refractivity contribution in [3.05, 3.63) is 35.9 Å². The highest BCUT2D eigenvalue weighted by molar-refractivity contribution is 5.98. The Morgan fingerprint density at radius 1 is 0.906 bits per heavy atom. The Bertz CT molecular complexity index is 1510. The minimum Gasteiger partial charge on any atom is -0.381 e. The Kier molecular flexibility index (Phi) is 14.1. The van der Waals surface area contributed by atoms with Gasteiger partial charge in [0.25, 0.3) is 11.8 Å². The number of carbonyl (C=O) groups is 6. The van der Waals surface area contributed by atoms with Gasteiger partial charge in [0.15, 0.2) is 11.9 Å². The maximum Gasteiger partial charge on any atom is 0.272 e. The summed E-state index contributed by atoms with van der Waals surface area (Å²) in [5.74, 6) is -2.92. The van der Waals surface area contributed by atoms with Gasteiger partial charge in [0, 0.05) is 31.4 Å². The molecule has 290 valence electrons. The maximum absolute atomic E-state index is 14.7. The van der Waals surface area contributed by atoms with Crippen LogP contribution in [-0.2, 0) is 24.0 Å². The van der Waals surface area contributed by atoms with Crippen molar-refractivity contribution in [3.8, 4) is 0 Å². The molecule has 14 heteroatoms. The molecular formula is C39H57N7O7. The predicted octanol–water partition coefficient (Wildman–Crippen LogP) is 2.51. The summed E-state index contributed by atoms with van der Waals surface area (Å²) in [4.78, 5) is 91.6. The third-order valence-corrected chi connectivity index (χ3v) is 11.2. The number of hydrogen-bond acceptors (Lipinski definition) is 9. The number of hydrogen-bond donors (Lipinski definition) is 5. The summed E-state index contributed by atoms with van der Waals surface area (Å²) in [5.41, 5.74) is 0.875. The van der Waals surface area contributed by atoms with Gasteiger partial charge in [-0.25, -0.2) is 4.98 Å². The molecule has 0 radical (unpaired) electrons. The van der Waals surface area contributed by atoms with Crippen molar-refractivity contribution in [2.45, 2.75) is 147 Å². The van der Waals surface area contributed by atoms with Crippen LogP contribution < -0.4 is 21.3 Å². The number of aromatic nitrogens is 2. The molecule has 5 amide bonds. The van der Waals surface area contributed by atoms with Crippen LogP contribution in [0.1, 0.15) is 121 Å². The lowest BCUT2D eigenvalue weighted by molar-refractivity contribution is -0.144. The molecule has 1 saturated heterocycles. The van der Waals surface area contributed by atoms with Gasteiger partial charge in [0.05, 0.1) is 12.2 Å². The van der Waals surface area contributed by atoms with Crippen LogP contribution >= 0.6 is 0 Å². The third-order valence-electron chi connectivity index (χ3n) is 11.2. The van der Waals surface area contributed by atoms with E-state index in [2.05, 4.69) is 31.2 Å². The summed E-state index contributed by atoms with van der Waals surface area (Å²) in [6.07, 6.45) is 13.7. The fourth-order valence-electron chi connectivity index (χ4n) is 8.35. The van der Waals surface area contributed by atoms with E-state index in [1.807, 2.05) is 6.92 Å². The van der Waals surface area contributed by atoms with Gasteiger partial charge in [-0.1, -0.05) is 44.6 Å². The highest BCUT2D eigenvalue weighted by atomic mass is 16.3. The van der Waals surface area contributed by atoms with Gasteiger partial charge >= 0.3 is 0 Å². The molecule has 0 aromatic carbocycles. The zero-order chi connectivity index (χ0) is 38.1. The first-order valence-electron chi connectivity index (χ1n) is 19.6. The number of rotatable bonds is 17. The van der Waals surface area contributed by atoms with Crippen molar-refractivity contribution in [1.29, 1.82) is 0 Å². The lowest BCUT2D eigenvalue weighted by Gasteiger charge is -2.34. The minimum atomic E-state index is -1.44. The van der Waals surface area contributed by atoms with E-state index in [-0.39, 0.29) is 48.1 Å². The highest BCUT2D eigenvalue weighted by Crippen LogP contribution is 2.43. The van der Waals surface area contributed by atoms with Crippen molar-refractivity contribution >= 4 is 35.3 Å². The fourth-order valence-corrected chi connectivity index (χ4v) is 8.35. The molecule has 4 aliphatic rings. The summed E-state index contributed by atoms with van der Waals surface area (Å²) in [7, 11) is 0. The van der Waals surface area contributed by atoms with Gasteiger partial charge in [0.2, 0.25) is 17.7 Å². The molecule has 5 rings (SSSR count). The van der Waals surface area contributed by atoms with Gasteiger partial charge in [-0.05, 0) is 89.0 Å². The first-order valence-corrected chi connectivity index (χ1v) is 19.6. The van der Waals surface area contributed by atoms with Crippen molar-refractivity contribution in [1.82, 2.24) is 36.1 Å². The Balaban J connectivity index is 1.38. The van der Waals surface area contributed by atoms with Crippen molar-refractivity contribution < 1.29 is 33.9 Å². The van der Waals surface area contributed by atoms with Crippen LogP contribution in [0.2, 0.25) is 0 Å². The van der Waals surface area contributed by atoms with Crippen LogP contribution in [0.15, 0.2) is 30.2 Å². The average Bonchev–Trinajstić information content (AvgIpc) is 3.71. The van der Waals surface area contributed by atoms with E-state index in [9.17, 15) is 33.9 Å². The molecule has 7 atom stereocenters. The summed E-state index contributed by atoms with van der Waals surface area (Å²) >= 11 is 0. The Hall–Kier alpha value is -4.20. The number of allylic oxidation sites excluding steroid dienone is 2. The lowest BCUT2D eigenvalue weighted by Crippen LogP contribution is -2.60. The topological polar surface area (TPSA) is 200 Å². The minimum absolute atomic E-state index is 0.00135. The molecule has 0 bridgehead atoms. The number of aliphatic hydroxyl groups excluding tert-OH is 1. The molecule has 1 aromatic rings. The van der Waals surface area contributed by atoms with Crippen molar-refractivity contribution in [2.75, 3.05) is 6.54 Å². The molecule has 0 spiro atoms. The Morgan fingerprint density at radius 2 is 1.66 bits per heavy atom. The molecular weight excluding hydrogens is 678 g/mol. The van der Waals surface area contributed by atoms with Gasteiger partial charge in [-0.2, -0.15) is 0 Å². The first-order chi connectivity index (χ1) is 25.5. The van der Waals surface area contributed by atoms with Crippen LogP contribution in [0.5, 0.6) is 0 Å². The molecule has 1 aliphatic heterocycles. The number of carbonyl (C=O) groups excluding carboxylic acids is 6. The van der Waals surface area contributed by atoms with E-state index in [0.717, 1.165) is 69.8 Å². The van der Waals surface area contributed by atoms with Gasteiger partial charge in [-0.15, -0.1) is 0 Å². The fraction of sp³-hybridized carbons (Fsp3) is 0.692. The number of nitrogens with one attached hydrogen (secondary N) is 4. The second-order valence-electron chi connectivity index (χ2n) is 15.6. The Morgan fingerprint density at radius 3 is 2.32 bits per heavy atom. The van der Waals surface area contributed by atoms with Gasteiger partial charge < -0.3 is 31.3 Å². The average molecular weight is 736 g/mol. The second-order valence-corrected chi connectivity index (χ2v) is 15.6. The normalized spacial score (nSPS) is 23.5. The Labute approximate surface area is 312 Å². The van der Waals surface area contributed by atoms with Crippen molar-refractivity contribution in [2.24, 2.45) is 17.8 Å². The van der Waals surface area contributed by atoms with E-state index in [0.29, 0.717) is 19.4 Å². The number of likely N-dealkylation sites (tertiary alicyclic amines) is 1. The predicted molar refractivity (Wildman–Crippen MR) is 196 cm³/mol. The van der Waals surface area contributed by atoms with Crippen LogP contribution in [0.3, 0.4) is 0 Å². The molecule has 2 unspecified atom stereocenters. The lowest BCUT2D eigenvalue weighted by atomic mass is 9.83. The van der Waals surface area contributed by atoms with Crippen LogP contribution in [-0.4, -0.2) is 98.2 Å². The van der Waals surface area contributed by atoms with E-state index < -0.39 is 59.8 Å². The monoisotopic (exact) mass is 735 g/mol. The number of fused-ring (bicyclic) bond motifs is 1. The zero-order valence-electron chi connectivity index (χ0n) is 31.4. The number of nitrogens with zero attached hydrogens (tertiary/aromatic N) is 3. The highest BCUT2D eigenvalue weighted by Gasteiger charge is 2.51.